The van der Waals surface area contributed by atoms with Crippen LogP contribution in [0, 0.1) is 0 Å². The second kappa shape index (κ2) is 5.44. The van der Waals surface area contributed by atoms with Gasteiger partial charge in [0.2, 0.25) is 0 Å². The van der Waals surface area contributed by atoms with Crippen LogP contribution in [0.25, 0.3) is 0 Å². The maximum atomic E-state index is 13.2. The third kappa shape index (κ3) is 3.23. The Morgan fingerprint density at radius 2 is 2.00 bits per heavy atom. The second-order valence-corrected chi connectivity index (χ2v) is 4.58. The lowest BCUT2D eigenvalue weighted by molar-refractivity contribution is -0.142. The molecule has 1 saturated heterocycles. The number of nitrogens with zero attached hydrogens (tertiary/aromatic N) is 1. The number of carboxylic acids is 1. The zero-order chi connectivity index (χ0) is 14.8. The van der Waals surface area contributed by atoms with E-state index in [1.165, 1.54) is 0 Å². The highest BCUT2D eigenvalue weighted by Crippen LogP contribution is 2.32. The highest BCUT2D eigenvalue weighted by atomic mass is 19.3. The number of benzene rings is 1. The Morgan fingerprint density at radius 3 is 2.60 bits per heavy atom. The Labute approximate surface area is 113 Å². The maximum absolute atomic E-state index is 13.2. The summed E-state index contributed by atoms with van der Waals surface area (Å²) in [4.78, 5) is 23.2. The van der Waals surface area contributed by atoms with Crippen molar-refractivity contribution >= 4 is 12.1 Å². The molecular formula is C13H13F2NO4. The van der Waals surface area contributed by atoms with E-state index in [0.717, 1.165) is 0 Å². The number of carbonyl (C=O) groups excluding carboxylic acids is 1. The van der Waals surface area contributed by atoms with Gasteiger partial charge in [-0.15, -0.1) is 0 Å². The summed E-state index contributed by atoms with van der Waals surface area (Å²) in [6.45, 7) is -1.02. The van der Waals surface area contributed by atoms with E-state index < -0.39 is 37.0 Å². The molecule has 1 aliphatic rings. The zero-order valence-corrected chi connectivity index (χ0v) is 10.5. The summed E-state index contributed by atoms with van der Waals surface area (Å²) in [6, 6.07) is 7.14. The minimum atomic E-state index is -3.20. The van der Waals surface area contributed by atoms with E-state index >= 15 is 0 Å². The van der Waals surface area contributed by atoms with Gasteiger partial charge in [-0.05, 0) is 5.56 Å². The van der Waals surface area contributed by atoms with Crippen molar-refractivity contribution in [3.8, 4) is 0 Å². The maximum Gasteiger partial charge on any atom is 0.411 e. The number of carboxylic acid groups (broad SMARTS) is 1. The van der Waals surface area contributed by atoms with Gasteiger partial charge in [0.15, 0.2) is 0 Å². The van der Waals surface area contributed by atoms with E-state index in [9.17, 15) is 18.4 Å². The molecule has 108 valence electrons. The average molecular weight is 285 g/mol. The number of hydrogen-bond acceptors (Lipinski definition) is 3. The van der Waals surface area contributed by atoms with E-state index in [0.29, 0.717) is 10.5 Å². The third-order valence-corrected chi connectivity index (χ3v) is 2.99. The smallest absolute Gasteiger partial charge is 0.411 e. The highest BCUT2D eigenvalue weighted by molar-refractivity contribution is 5.81. The van der Waals surface area contributed by atoms with Gasteiger partial charge in [-0.1, -0.05) is 30.3 Å². The van der Waals surface area contributed by atoms with Gasteiger partial charge in [0.1, 0.15) is 12.6 Å². The molecule has 0 bridgehead atoms. The van der Waals surface area contributed by atoms with Crippen molar-refractivity contribution in [1.29, 1.82) is 0 Å². The zero-order valence-electron chi connectivity index (χ0n) is 10.5. The second-order valence-electron chi connectivity index (χ2n) is 4.58. The molecule has 1 unspecified atom stereocenters. The Balaban J connectivity index is 1.99. The third-order valence-electron chi connectivity index (χ3n) is 2.99. The quantitative estimate of drug-likeness (QED) is 0.923. The average Bonchev–Trinajstić information content (AvgIpc) is 2.74. The van der Waals surface area contributed by atoms with Gasteiger partial charge in [-0.25, -0.2) is 18.4 Å². The van der Waals surface area contributed by atoms with Crippen LogP contribution in [0.4, 0.5) is 13.6 Å². The molecule has 2 rings (SSSR count). The van der Waals surface area contributed by atoms with Crippen molar-refractivity contribution in [1.82, 2.24) is 4.90 Å². The van der Waals surface area contributed by atoms with Gasteiger partial charge in [-0.2, -0.15) is 0 Å². The highest BCUT2D eigenvalue weighted by Gasteiger charge is 2.50. The Morgan fingerprint density at radius 1 is 1.35 bits per heavy atom. The number of likely N-dealkylation sites (tertiary alicyclic amines) is 1. The molecule has 20 heavy (non-hydrogen) atoms. The molecule has 0 spiro atoms. The van der Waals surface area contributed by atoms with E-state index in [1.54, 1.807) is 30.3 Å². The first-order chi connectivity index (χ1) is 9.39. The molecule has 1 amide bonds. The van der Waals surface area contributed by atoms with Crippen LogP contribution < -0.4 is 0 Å². The fourth-order valence-electron chi connectivity index (χ4n) is 2.03. The van der Waals surface area contributed by atoms with E-state index in [4.69, 9.17) is 9.84 Å². The number of aliphatic carboxylic acids is 1. The molecule has 0 aromatic heterocycles. The normalized spacial score (nSPS) is 20.7. The van der Waals surface area contributed by atoms with Crippen molar-refractivity contribution in [2.45, 2.75) is 25.0 Å². The summed E-state index contributed by atoms with van der Waals surface area (Å²) in [5.74, 6) is -4.66. The van der Waals surface area contributed by atoms with E-state index in [2.05, 4.69) is 0 Å². The van der Waals surface area contributed by atoms with Crippen molar-refractivity contribution in [2.24, 2.45) is 0 Å². The van der Waals surface area contributed by atoms with Crippen molar-refractivity contribution < 1.29 is 28.2 Å². The van der Waals surface area contributed by atoms with E-state index in [1.807, 2.05) is 0 Å². The largest absolute Gasteiger partial charge is 0.480 e. The number of carbonyl (C=O) groups is 2. The number of halogens is 2. The summed E-state index contributed by atoms with van der Waals surface area (Å²) in [5.41, 5.74) is 0.693. The fraction of sp³-hybridized carbons (Fsp3) is 0.385. The Hall–Kier alpha value is -2.18. The lowest BCUT2D eigenvalue weighted by Gasteiger charge is -2.20. The number of ether oxygens (including phenoxy) is 1. The molecular weight excluding hydrogens is 272 g/mol. The molecule has 1 aliphatic heterocycles. The van der Waals surface area contributed by atoms with Crippen LogP contribution >= 0.6 is 0 Å². The van der Waals surface area contributed by atoms with E-state index in [-0.39, 0.29) is 6.61 Å². The molecule has 5 nitrogen and oxygen atoms in total. The van der Waals surface area contributed by atoms with Crippen LogP contribution in [-0.2, 0) is 16.1 Å². The monoisotopic (exact) mass is 285 g/mol. The molecule has 1 heterocycles. The van der Waals surface area contributed by atoms with Crippen molar-refractivity contribution in [3.05, 3.63) is 35.9 Å². The first-order valence-corrected chi connectivity index (χ1v) is 5.97. The summed E-state index contributed by atoms with van der Waals surface area (Å²) < 4.78 is 31.3. The summed E-state index contributed by atoms with van der Waals surface area (Å²) in [7, 11) is 0. The summed E-state index contributed by atoms with van der Waals surface area (Å²) in [6.07, 6.45) is -1.93. The summed E-state index contributed by atoms with van der Waals surface area (Å²) in [5, 5.41) is 8.87. The molecule has 1 aromatic carbocycles. The topological polar surface area (TPSA) is 66.8 Å². The minimum absolute atomic E-state index is 0.0892. The number of rotatable bonds is 3. The van der Waals surface area contributed by atoms with Crippen LogP contribution in [0.5, 0.6) is 0 Å². The lowest BCUT2D eigenvalue weighted by Crippen LogP contribution is -2.41. The predicted octanol–water partition coefficient (Wildman–Crippen LogP) is 2.12. The van der Waals surface area contributed by atoms with Crippen LogP contribution in [0.3, 0.4) is 0 Å². The Bertz CT molecular complexity index is 506. The fourth-order valence-corrected chi connectivity index (χ4v) is 2.03. The molecule has 1 atom stereocenters. The minimum Gasteiger partial charge on any atom is -0.480 e. The molecule has 0 radical (unpaired) electrons. The first kappa shape index (κ1) is 14.2. The molecule has 0 aliphatic carbocycles. The van der Waals surface area contributed by atoms with Crippen LogP contribution in [0.1, 0.15) is 12.0 Å². The standard InChI is InChI=1S/C13H13F2NO4/c14-13(15)6-10(11(17)18)16(8-13)12(19)20-7-9-4-2-1-3-5-9/h1-5,10H,6-8H2,(H,17,18). The van der Waals surface area contributed by atoms with Crippen molar-refractivity contribution in [2.75, 3.05) is 6.54 Å². The van der Waals surface area contributed by atoms with Gasteiger partial charge in [0.05, 0.1) is 6.54 Å². The summed E-state index contributed by atoms with van der Waals surface area (Å²) >= 11 is 0. The lowest BCUT2D eigenvalue weighted by atomic mass is 10.2. The molecule has 7 heteroatoms. The van der Waals surface area contributed by atoms with Gasteiger partial charge in [-0.3, -0.25) is 4.90 Å². The Kier molecular flexibility index (Phi) is 3.87. The first-order valence-electron chi connectivity index (χ1n) is 5.97. The molecule has 1 aromatic rings. The van der Waals surface area contributed by atoms with Crippen LogP contribution in [0.2, 0.25) is 0 Å². The molecule has 0 saturated carbocycles. The number of alkyl halides is 2. The van der Waals surface area contributed by atoms with Gasteiger partial charge >= 0.3 is 12.1 Å². The number of amides is 1. The number of hydrogen-bond donors (Lipinski definition) is 1. The van der Waals surface area contributed by atoms with Crippen LogP contribution in [-0.4, -0.2) is 40.6 Å². The SMILES string of the molecule is O=C(O)C1CC(F)(F)CN1C(=O)OCc1ccccc1. The van der Waals surface area contributed by atoms with Crippen LogP contribution in [0.15, 0.2) is 30.3 Å². The molecule has 1 N–H and O–H groups in total. The van der Waals surface area contributed by atoms with Gasteiger partial charge in [0, 0.05) is 6.42 Å². The van der Waals surface area contributed by atoms with Gasteiger partial charge < -0.3 is 9.84 Å². The van der Waals surface area contributed by atoms with Crippen molar-refractivity contribution in [3.63, 3.8) is 0 Å². The van der Waals surface area contributed by atoms with Gasteiger partial charge in [0.25, 0.3) is 5.92 Å². The predicted molar refractivity (Wildman–Crippen MR) is 64.3 cm³/mol. The molecule has 1 fully saturated rings.